The molecular weight excluding hydrogens is 226 g/mol. The Kier molecular flexibility index (Phi) is 3.04. The Labute approximate surface area is 108 Å². The van der Waals surface area contributed by atoms with Crippen molar-refractivity contribution in [1.29, 1.82) is 0 Å². The highest BCUT2D eigenvalue weighted by Gasteiger charge is 2.47. The predicted octanol–water partition coefficient (Wildman–Crippen LogP) is 3.41. The van der Waals surface area contributed by atoms with E-state index in [0.717, 1.165) is 24.1 Å². The summed E-state index contributed by atoms with van der Waals surface area (Å²) in [7, 11) is 0. The van der Waals surface area contributed by atoms with Crippen LogP contribution in [0.3, 0.4) is 0 Å². The molecule has 3 heteroatoms. The molecule has 98 valence electrons. The second kappa shape index (κ2) is 4.56. The molecule has 1 spiro atoms. The molecule has 0 radical (unpaired) electrons. The fourth-order valence-corrected chi connectivity index (χ4v) is 3.17. The smallest absolute Gasteiger partial charge is 0.169 e. The zero-order valence-electron chi connectivity index (χ0n) is 10.9. The molecule has 3 nitrogen and oxygen atoms in total. The zero-order valence-corrected chi connectivity index (χ0v) is 10.9. The summed E-state index contributed by atoms with van der Waals surface area (Å²) >= 11 is 0. The third kappa shape index (κ3) is 2.02. The van der Waals surface area contributed by atoms with Crippen LogP contribution >= 0.6 is 0 Å². The van der Waals surface area contributed by atoms with Crippen LogP contribution in [0.4, 0.5) is 5.69 Å². The van der Waals surface area contributed by atoms with E-state index in [9.17, 15) is 0 Å². The Morgan fingerprint density at radius 3 is 2.56 bits per heavy atom. The van der Waals surface area contributed by atoms with E-state index in [0.29, 0.717) is 0 Å². The maximum absolute atomic E-state index is 6.27. The SMILES string of the molecule is C[C@@H]1OC2(CCCCC2)O[C@H]1c1ccccc1N. The molecule has 2 aliphatic rings. The minimum atomic E-state index is -0.343. The molecule has 3 rings (SSSR count). The summed E-state index contributed by atoms with van der Waals surface area (Å²) in [4.78, 5) is 0. The van der Waals surface area contributed by atoms with Gasteiger partial charge >= 0.3 is 0 Å². The lowest BCUT2D eigenvalue weighted by atomic mass is 9.94. The van der Waals surface area contributed by atoms with Crippen molar-refractivity contribution >= 4 is 5.69 Å². The minimum absolute atomic E-state index is 0.0238. The van der Waals surface area contributed by atoms with Gasteiger partial charge in [0, 0.05) is 24.1 Å². The summed E-state index contributed by atoms with van der Waals surface area (Å²) in [5.74, 6) is -0.343. The Balaban J connectivity index is 1.84. The van der Waals surface area contributed by atoms with Crippen LogP contribution in [0, 0.1) is 0 Å². The molecule has 2 atom stereocenters. The fraction of sp³-hybridized carbons (Fsp3) is 0.600. The molecule has 1 aromatic carbocycles. The first-order valence-electron chi connectivity index (χ1n) is 6.90. The Bertz CT molecular complexity index is 426. The normalized spacial score (nSPS) is 30.7. The van der Waals surface area contributed by atoms with E-state index in [2.05, 4.69) is 6.92 Å². The molecule has 1 saturated heterocycles. The predicted molar refractivity (Wildman–Crippen MR) is 71.0 cm³/mol. The van der Waals surface area contributed by atoms with Crippen molar-refractivity contribution in [3.8, 4) is 0 Å². The minimum Gasteiger partial charge on any atom is -0.398 e. The molecule has 1 aliphatic carbocycles. The summed E-state index contributed by atoms with van der Waals surface area (Å²) in [6, 6.07) is 7.93. The largest absolute Gasteiger partial charge is 0.398 e. The van der Waals surface area contributed by atoms with Gasteiger partial charge in [-0.25, -0.2) is 0 Å². The number of hydrogen-bond donors (Lipinski definition) is 1. The summed E-state index contributed by atoms with van der Waals surface area (Å²) in [5, 5.41) is 0. The van der Waals surface area contributed by atoms with E-state index in [1.165, 1.54) is 19.3 Å². The molecular formula is C15H21NO2. The van der Waals surface area contributed by atoms with Crippen LogP contribution in [0.25, 0.3) is 0 Å². The van der Waals surface area contributed by atoms with Gasteiger partial charge in [0.1, 0.15) is 6.10 Å². The number of para-hydroxylation sites is 1. The number of hydrogen-bond acceptors (Lipinski definition) is 3. The standard InChI is InChI=1S/C15H21NO2/c1-11-14(12-7-3-4-8-13(12)16)18-15(17-11)9-5-2-6-10-15/h3-4,7-8,11,14H,2,5-6,9-10,16H2,1H3/t11-,14+/m0/s1. The van der Waals surface area contributed by atoms with E-state index >= 15 is 0 Å². The molecule has 1 aromatic rings. The molecule has 1 saturated carbocycles. The topological polar surface area (TPSA) is 44.5 Å². The van der Waals surface area contributed by atoms with Crippen molar-refractivity contribution in [2.75, 3.05) is 5.73 Å². The second-order valence-corrected chi connectivity index (χ2v) is 5.46. The van der Waals surface area contributed by atoms with E-state index in [1.54, 1.807) is 0 Å². The number of ether oxygens (including phenoxy) is 2. The molecule has 0 amide bonds. The van der Waals surface area contributed by atoms with Crippen LogP contribution in [-0.2, 0) is 9.47 Å². The summed E-state index contributed by atoms with van der Waals surface area (Å²) in [5.41, 5.74) is 7.90. The van der Waals surface area contributed by atoms with E-state index in [4.69, 9.17) is 15.2 Å². The van der Waals surface area contributed by atoms with Gasteiger partial charge in [-0.15, -0.1) is 0 Å². The van der Waals surface area contributed by atoms with Gasteiger partial charge in [-0.2, -0.15) is 0 Å². The summed E-state index contributed by atoms with van der Waals surface area (Å²) < 4.78 is 12.4. The molecule has 2 N–H and O–H groups in total. The van der Waals surface area contributed by atoms with Crippen molar-refractivity contribution in [3.05, 3.63) is 29.8 Å². The maximum Gasteiger partial charge on any atom is 0.169 e. The third-order valence-electron chi connectivity index (χ3n) is 4.09. The van der Waals surface area contributed by atoms with Gasteiger partial charge in [-0.3, -0.25) is 0 Å². The summed E-state index contributed by atoms with van der Waals surface area (Å²) in [6.07, 6.45) is 5.77. The van der Waals surface area contributed by atoms with Gasteiger partial charge in [0.15, 0.2) is 5.79 Å². The first-order valence-corrected chi connectivity index (χ1v) is 6.90. The van der Waals surface area contributed by atoms with Crippen molar-refractivity contribution in [1.82, 2.24) is 0 Å². The average Bonchev–Trinajstić information content (AvgIpc) is 2.67. The molecule has 0 unspecified atom stereocenters. The average molecular weight is 247 g/mol. The van der Waals surface area contributed by atoms with Crippen molar-refractivity contribution in [3.63, 3.8) is 0 Å². The van der Waals surface area contributed by atoms with Gasteiger partial charge in [0.25, 0.3) is 0 Å². The quantitative estimate of drug-likeness (QED) is 0.773. The Hall–Kier alpha value is -1.06. The maximum atomic E-state index is 6.27. The number of nitrogen functional groups attached to an aromatic ring is 1. The molecule has 0 bridgehead atoms. The zero-order chi connectivity index (χ0) is 12.6. The van der Waals surface area contributed by atoms with Gasteiger partial charge in [0.2, 0.25) is 0 Å². The number of rotatable bonds is 1. The highest BCUT2D eigenvalue weighted by molar-refractivity contribution is 5.48. The second-order valence-electron chi connectivity index (χ2n) is 5.46. The molecule has 1 aliphatic heterocycles. The monoisotopic (exact) mass is 247 g/mol. The van der Waals surface area contributed by atoms with E-state index in [-0.39, 0.29) is 18.0 Å². The lowest BCUT2D eigenvalue weighted by Gasteiger charge is -2.32. The van der Waals surface area contributed by atoms with Gasteiger partial charge in [-0.1, -0.05) is 24.6 Å². The van der Waals surface area contributed by atoms with E-state index < -0.39 is 0 Å². The molecule has 0 aromatic heterocycles. The molecule has 18 heavy (non-hydrogen) atoms. The molecule has 1 heterocycles. The lowest BCUT2D eigenvalue weighted by molar-refractivity contribution is -0.193. The van der Waals surface area contributed by atoms with Crippen LogP contribution in [0.1, 0.15) is 50.7 Å². The highest BCUT2D eigenvalue weighted by Crippen LogP contribution is 2.46. The first kappa shape index (κ1) is 12.0. The number of benzene rings is 1. The van der Waals surface area contributed by atoms with Crippen LogP contribution < -0.4 is 5.73 Å². The summed E-state index contributed by atoms with van der Waals surface area (Å²) in [6.45, 7) is 2.08. The lowest BCUT2D eigenvalue weighted by Crippen LogP contribution is -2.33. The first-order chi connectivity index (χ1) is 8.70. The van der Waals surface area contributed by atoms with Crippen molar-refractivity contribution in [2.45, 2.75) is 57.0 Å². The Morgan fingerprint density at radius 1 is 1.11 bits per heavy atom. The van der Waals surface area contributed by atoms with Crippen LogP contribution in [0.2, 0.25) is 0 Å². The fourth-order valence-electron chi connectivity index (χ4n) is 3.17. The van der Waals surface area contributed by atoms with Crippen LogP contribution in [-0.4, -0.2) is 11.9 Å². The Morgan fingerprint density at radius 2 is 1.83 bits per heavy atom. The number of nitrogens with two attached hydrogens (primary N) is 1. The van der Waals surface area contributed by atoms with Crippen molar-refractivity contribution < 1.29 is 9.47 Å². The number of anilines is 1. The van der Waals surface area contributed by atoms with Gasteiger partial charge < -0.3 is 15.2 Å². The molecule has 2 fully saturated rings. The van der Waals surface area contributed by atoms with E-state index in [1.807, 2.05) is 24.3 Å². The van der Waals surface area contributed by atoms with Crippen molar-refractivity contribution in [2.24, 2.45) is 0 Å². The van der Waals surface area contributed by atoms with Gasteiger partial charge in [-0.05, 0) is 25.8 Å². The highest BCUT2D eigenvalue weighted by atomic mass is 16.8. The van der Waals surface area contributed by atoms with Gasteiger partial charge in [0.05, 0.1) is 6.10 Å². The van der Waals surface area contributed by atoms with Crippen LogP contribution in [0.5, 0.6) is 0 Å². The third-order valence-corrected chi connectivity index (χ3v) is 4.09. The van der Waals surface area contributed by atoms with Crippen LogP contribution in [0.15, 0.2) is 24.3 Å².